The van der Waals surface area contributed by atoms with E-state index in [1.807, 2.05) is 20.8 Å². The summed E-state index contributed by atoms with van der Waals surface area (Å²) in [5, 5.41) is 26.6. The van der Waals surface area contributed by atoms with Gasteiger partial charge < -0.3 is 40.2 Å². The van der Waals surface area contributed by atoms with Crippen LogP contribution in [0.4, 0.5) is 0 Å². The lowest BCUT2D eigenvalue weighted by Crippen LogP contribution is -2.49. The van der Waals surface area contributed by atoms with Crippen molar-refractivity contribution in [1.29, 1.82) is 0 Å². The molecule has 16 heteroatoms. The Balaban J connectivity index is 2.16. The van der Waals surface area contributed by atoms with Gasteiger partial charge in [0.25, 0.3) is 11.8 Å². The second-order valence-electron chi connectivity index (χ2n) is 12.0. The van der Waals surface area contributed by atoms with Gasteiger partial charge in [-0.3, -0.25) is 24.0 Å². The van der Waals surface area contributed by atoms with Crippen LogP contribution in [0.15, 0.2) is 34.7 Å². The van der Waals surface area contributed by atoms with Gasteiger partial charge in [0, 0.05) is 5.56 Å². The molecule has 0 saturated carbocycles. The first kappa shape index (κ1) is 42.8. The van der Waals surface area contributed by atoms with E-state index >= 15 is 0 Å². The lowest BCUT2D eigenvalue weighted by atomic mass is 9.90. The molecule has 1 aromatic carbocycles. The highest BCUT2D eigenvalue weighted by Gasteiger charge is 2.34. The van der Waals surface area contributed by atoms with E-state index in [-0.39, 0.29) is 42.0 Å². The van der Waals surface area contributed by atoms with Crippen LogP contribution in [0.2, 0.25) is 0 Å². The Kier molecular flexibility index (Phi) is 17.9. The Morgan fingerprint density at radius 3 is 2.19 bits per heavy atom. The molecular formula is C36H50N4O12. The van der Waals surface area contributed by atoms with Crippen molar-refractivity contribution in [3.63, 3.8) is 0 Å². The fraction of sp³-hybridized carbons (Fsp3) is 0.528. The molecule has 52 heavy (non-hydrogen) atoms. The number of aliphatic carboxylic acids is 2. The summed E-state index contributed by atoms with van der Waals surface area (Å²) in [6, 6.07) is 4.83. The maximum absolute atomic E-state index is 13.4. The topological polar surface area (TPSA) is 231 Å². The summed E-state index contributed by atoms with van der Waals surface area (Å²) in [6.45, 7) is 9.07. The predicted octanol–water partition coefficient (Wildman–Crippen LogP) is 4.13. The SMILES string of the molecule is CCCCCC(C(=O)NCNC(=O)c1ccc(-c2ccc(C(=O)NC(CC(=O)O)C(=O)O)c(OCC)c2)o1)C(CC)N(C=O)OC(=O)C(CC)CC. The molecule has 2 rings (SSSR count). The summed E-state index contributed by atoms with van der Waals surface area (Å²) < 4.78 is 11.3. The normalized spacial score (nSPS) is 12.6. The van der Waals surface area contributed by atoms with Crippen LogP contribution in [0.25, 0.3) is 11.3 Å². The number of carbonyl (C=O) groups is 7. The van der Waals surface area contributed by atoms with Crippen LogP contribution in [0, 0.1) is 11.8 Å². The molecule has 4 amide bonds. The molecule has 286 valence electrons. The molecular weight excluding hydrogens is 680 g/mol. The third-order valence-corrected chi connectivity index (χ3v) is 8.42. The molecule has 16 nitrogen and oxygen atoms in total. The molecule has 0 aliphatic carbocycles. The zero-order valence-electron chi connectivity index (χ0n) is 30.3. The fourth-order valence-corrected chi connectivity index (χ4v) is 5.52. The van der Waals surface area contributed by atoms with Crippen LogP contribution in [-0.2, 0) is 28.8 Å². The summed E-state index contributed by atoms with van der Waals surface area (Å²) in [4.78, 5) is 91.8. The van der Waals surface area contributed by atoms with E-state index in [0.29, 0.717) is 44.1 Å². The van der Waals surface area contributed by atoms with Crippen molar-refractivity contribution in [3.8, 4) is 17.1 Å². The maximum atomic E-state index is 13.4. The minimum atomic E-state index is -1.66. The van der Waals surface area contributed by atoms with Gasteiger partial charge in [-0.25, -0.2) is 9.59 Å². The van der Waals surface area contributed by atoms with E-state index in [1.165, 1.54) is 30.3 Å². The summed E-state index contributed by atoms with van der Waals surface area (Å²) in [6.07, 6.45) is 3.90. The van der Waals surface area contributed by atoms with Gasteiger partial charge in [-0.1, -0.05) is 53.0 Å². The summed E-state index contributed by atoms with van der Waals surface area (Å²) in [7, 11) is 0. The summed E-state index contributed by atoms with van der Waals surface area (Å²) in [5.74, 6) is -6.27. The lowest BCUT2D eigenvalue weighted by Gasteiger charge is -2.32. The van der Waals surface area contributed by atoms with Crippen LogP contribution in [0.1, 0.15) is 107 Å². The number of carboxylic acids is 2. The molecule has 1 aromatic heterocycles. The first-order valence-electron chi connectivity index (χ1n) is 17.5. The van der Waals surface area contributed by atoms with Gasteiger partial charge in [0.05, 0.1) is 43.1 Å². The third-order valence-electron chi connectivity index (χ3n) is 8.42. The largest absolute Gasteiger partial charge is 0.493 e. The number of rotatable bonds is 24. The van der Waals surface area contributed by atoms with Gasteiger partial charge in [-0.05, 0) is 56.9 Å². The minimum Gasteiger partial charge on any atom is -0.493 e. The number of unbranched alkanes of at least 4 members (excludes halogenated alkanes) is 2. The number of furan rings is 1. The van der Waals surface area contributed by atoms with E-state index in [0.717, 1.165) is 17.9 Å². The highest BCUT2D eigenvalue weighted by Crippen LogP contribution is 2.29. The lowest BCUT2D eigenvalue weighted by molar-refractivity contribution is -0.208. The Labute approximate surface area is 302 Å². The summed E-state index contributed by atoms with van der Waals surface area (Å²) >= 11 is 0. The highest BCUT2D eigenvalue weighted by atomic mass is 16.7. The van der Waals surface area contributed by atoms with Crippen LogP contribution < -0.4 is 20.7 Å². The number of carboxylic acid groups (broad SMARTS) is 2. The van der Waals surface area contributed by atoms with E-state index in [9.17, 15) is 38.7 Å². The zero-order valence-corrected chi connectivity index (χ0v) is 30.3. The number of carbonyl (C=O) groups excluding carboxylic acids is 5. The quantitative estimate of drug-likeness (QED) is 0.0444. The molecule has 0 aliphatic heterocycles. The van der Waals surface area contributed by atoms with Gasteiger partial charge in [-0.2, -0.15) is 5.06 Å². The smallest absolute Gasteiger partial charge is 0.335 e. The molecule has 0 bridgehead atoms. The second kappa shape index (κ2) is 21.7. The number of nitrogens with one attached hydrogen (secondary N) is 3. The second-order valence-corrected chi connectivity index (χ2v) is 12.0. The average molecular weight is 731 g/mol. The van der Waals surface area contributed by atoms with Gasteiger partial charge >= 0.3 is 17.9 Å². The van der Waals surface area contributed by atoms with Crippen molar-refractivity contribution in [3.05, 3.63) is 41.7 Å². The Bertz CT molecular complexity index is 1540. The van der Waals surface area contributed by atoms with Crippen LogP contribution in [-0.4, -0.2) is 82.7 Å². The van der Waals surface area contributed by atoms with E-state index in [2.05, 4.69) is 16.0 Å². The molecule has 0 fully saturated rings. The average Bonchev–Trinajstić information content (AvgIpc) is 3.61. The van der Waals surface area contributed by atoms with Crippen LogP contribution in [0.5, 0.6) is 5.75 Å². The van der Waals surface area contributed by atoms with Crippen molar-refractivity contribution in [2.45, 2.75) is 98.1 Å². The van der Waals surface area contributed by atoms with Gasteiger partial charge in [0.15, 0.2) is 5.76 Å². The molecule has 3 atom stereocenters. The number of hydroxylamine groups is 2. The fourth-order valence-electron chi connectivity index (χ4n) is 5.52. The molecule has 1 heterocycles. The molecule has 2 aromatic rings. The standard InChI is InChI=1S/C36H50N4O12/c1-6-11-12-13-24(27(9-4)40(21-41)52-36(49)22(7-2)8-3)32(44)37-20-38-34(46)29-17-16-28(51-29)23-14-15-25(30(18-23)50-10-5)33(45)39-26(35(47)48)19-31(42)43/h14-18,21-22,24,26-27H,6-13,19-20H2,1-5H3,(H,37,44)(H,38,46)(H,39,45)(H,42,43)(H,47,48). The zero-order chi connectivity index (χ0) is 38.8. The number of amides is 4. The van der Waals surface area contributed by atoms with Crippen molar-refractivity contribution < 1.29 is 57.8 Å². The minimum absolute atomic E-state index is 0.0404. The van der Waals surface area contributed by atoms with Crippen molar-refractivity contribution >= 4 is 42.0 Å². The number of ether oxygens (including phenoxy) is 1. The van der Waals surface area contributed by atoms with Gasteiger partial charge in [-0.15, -0.1) is 0 Å². The monoisotopic (exact) mass is 730 g/mol. The Morgan fingerprint density at radius 2 is 1.62 bits per heavy atom. The number of hydrogen-bond donors (Lipinski definition) is 5. The molecule has 0 saturated heterocycles. The first-order valence-corrected chi connectivity index (χ1v) is 17.5. The number of benzene rings is 1. The molecule has 0 radical (unpaired) electrons. The first-order chi connectivity index (χ1) is 24.8. The van der Waals surface area contributed by atoms with E-state index in [1.54, 1.807) is 13.8 Å². The maximum Gasteiger partial charge on any atom is 0.335 e. The third kappa shape index (κ3) is 12.4. The van der Waals surface area contributed by atoms with Crippen molar-refractivity contribution in [1.82, 2.24) is 21.0 Å². The predicted molar refractivity (Wildman–Crippen MR) is 187 cm³/mol. The number of nitrogens with zero attached hydrogens (tertiary/aromatic N) is 1. The van der Waals surface area contributed by atoms with Crippen LogP contribution in [0.3, 0.4) is 0 Å². The van der Waals surface area contributed by atoms with E-state index in [4.69, 9.17) is 19.1 Å². The Hall–Kier alpha value is -5.41. The van der Waals surface area contributed by atoms with Crippen molar-refractivity contribution in [2.24, 2.45) is 11.8 Å². The molecule has 0 spiro atoms. The van der Waals surface area contributed by atoms with Gasteiger partial charge in [0.2, 0.25) is 12.3 Å². The van der Waals surface area contributed by atoms with Crippen molar-refractivity contribution in [2.75, 3.05) is 13.3 Å². The van der Waals surface area contributed by atoms with Crippen LogP contribution >= 0.6 is 0 Å². The van der Waals surface area contributed by atoms with Gasteiger partial charge in [0.1, 0.15) is 17.6 Å². The molecule has 3 unspecified atom stereocenters. The number of hydrogen-bond acceptors (Lipinski definition) is 10. The highest BCUT2D eigenvalue weighted by molar-refractivity contribution is 6.00. The van der Waals surface area contributed by atoms with E-state index < -0.39 is 60.1 Å². The molecule has 5 N–H and O–H groups in total. The molecule has 0 aliphatic rings. The Morgan fingerprint density at radius 1 is 0.904 bits per heavy atom. The summed E-state index contributed by atoms with van der Waals surface area (Å²) in [5.41, 5.74) is 0.374.